The molecule has 0 atom stereocenters. The fourth-order valence-electron chi connectivity index (χ4n) is 2.48. The molecule has 2 aromatic rings. The van der Waals surface area contributed by atoms with Crippen LogP contribution in [0.4, 0.5) is 0 Å². The highest BCUT2D eigenvalue weighted by atomic mass is 16.5. The number of ether oxygens (including phenoxy) is 1. The minimum absolute atomic E-state index is 0.0673. The van der Waals surface area contributed by atoms with E-state index in [0.29, 0.717) is 5.92 Å². The SMILES string of the molecule is COc1ccc(C(C)C)cc1-c1ccc(C(C)=CCO)cc1. The van der Waals surface area contributed by atoms with Crippen molar-refractivity contribution in [1.29, 1.82) is 0 Å². The number of rotatable bonds is 5. The fraction of sp³-hybridized carbons (Fsp3) is 0.300. The molecule has 2 aromatic carbocycles. The van der Waals surface area contributed by atoms with E-state index in [1.165, 1.54) is 5.56 Å². The molecule has 0 bridgehead atoms. The van der Waals surface area contributed by atoms with Crippen LogP contribution < -0.4 is 4.74 Å². The number of allylic oxidation sites excluding steroid dienone is 1. The second-order valence-electron chi connectivity index (χ2n) is 5.76. The summed E-state index contributed by atoms with van der Waals surface area (Å²) in [6.45, 7) is 6.46. The highest BCUT2D eigenvalue weighted by molar-refractivity contribution is 5.74. The Kier molecular flexibility index (Phi) is 5.40. The topological polar surface area (TPSA) is 29.5 Å². The highest BCUT2D eigenvalue weighted by Crippen LogP contribution is 2.33. The molecule has 0 aliphatic heterocycles. The number of methoxy groups -OCH3 is 1. The van der Waals surface area contributed by atoms with Gasteiger partial charge in [0.05, 0.1) is 13.7 Å². The Balaban J connectivity index is 2.43. The Bertz CT molecular complexity index is 652. The van der Waals surface area contributed by atoms with E-state index in [9.17, 15) is 0 Å². The van der Waals surface area contributed by atoms with Crippen molar-refractivity contribution in [3.05, 3.63) is 59.7 Å². The summed E-state index contributed by atoms with van der Waals surface area (Å²) in [6.07, 6.45) is 1.81. The number of hydrogen-bond donors (Lipinski definition) is 1. The standard InChI is InChI=1S/C20H24O2/c1-14(2)18-9-10-20(22-4)19(13-18)17-7-5-16(6-8-17)15(3)11-12-21/h5-11,13-14,21H,12H2,1-4H3. The third-order valence-electron chi connectivity index (χ3n) is 3.94. The smallest absolute Gasteiger partial charge is 0.126 e. The summed E-state index contributed by atoms with van der Waals surface area (Å²) in [5.74, 6) is 1.37. The molecular weight excluding hydrogens is 272 g/mol. The van der Waals surface area contributed by atoms with Gasteiger partial charge in [0.25, 0.3) is 0 Å². The van der Waals surface area contributed by atoms with Crippen molar-refractivity contribution in [2.45, 2.75) is 26.7 Å². The molecule has 2 heteroatoms. The Labute approximate surface area is 133 Å². The first kappa shape index (κ1) is 16.3. The van der Waals surface area contributed by atoms with Gasteiger partial charge in [-0.15, -0.1) is 0 Å². The van der Waals surface area contributed by atoms with E-state index >= 15 is 0 Å². The minimum Gasteiger partial charge on any atom is -0.496 e. The highest BCUT2D eigenvalue weighted by Gasteiger charge is 2.09. The van der Waals surface area contributed by atoms with Crippen molar-refractivity contribution < 1.29 is 9.84 Å². The summed E-state index contributed by atoms with van der Waals surface area (Å²) in [5.41, 5.74) is 5.76. The van der Waals surface area contributed by atoms with E-state index in [0.717, 1.165) is 28.0 Å². The van der Waals surface area contributed by atoms with Crippen LogP contribution in [0, 0.1) is 0 Å². The minimum atomic E-state index is 0.0673. The van der Waals surface area contributed by atoms with Crippen molar-refractivity contribution in [2.75, 3.05) is 13.7 Å². The van der Waals surface area contributed by atoms with E-state index in [1.54, 1.807) is 7.11 Å². The summed E-state index contributed by atoms with van der Waals surface area (Å²) in [7, 11) is 1.70. The van der Waals surface area contributed by atoms with Crippen molar-refractivity contribution in [3.8, 4) is 16.9 Å². The van der Waals surface area contributed by atoms with Crippen molar-refractivity contribution in [2.24, 2.45) is 0 Å². The molecule has 0 spiro atoms. The average molecular weight is 296 g/mol. The normalized spacial score (nSPS) is 11.8. The predicted octanol–water partition coefficient (Wildman–Crippen LogP) is 4.88. The molecule has 1 N–H and O–H groups in total. The van der Waals surface area contributed by atoms with Gasteiger partial charge in [-0.2, -0.15) is 0 Å². The van der Waals surface area contributed by atoms with Gasteiger partial charge in [0, 0.05) is 5.56 Å². The monoisotopic (exact) mass is 296 g/mol. The molecule has 0 aliphatic carbocycles. The Morgan fingerprint density at radius 1 is 1.14 bits per heavy atom. The first-order valence-electron chi connectivity index (χ1n) is 7.63. The van der Waals surface area contributed by atoms with Crippen molar-refractivity contribution >= 4 is 5.57 Å². The molecule has 0 fully saturated rings. The van der Waals surface area contributed by atoms with Crippen LogP contribution in [0.1, 0.15) is 37.8 Å². The van der Waals surface area contributed by atoms with Crippen LogP contribution in [-0.4, -0.2) is 18.8 Å². The maximum Gasteiger partial charge on any atom is 0.126 e. The van der Waals surface area contributed by atoms with E-state index in [2.05, 4.69) is 50.2 Å². The zero-order valence-electron chi connectivity index (χ0n) is 13.8. The summed E-state index contributed by atoms with van der Waals surface area (Å²) in [4.78, 5) is 0. The first-order valence-corrected chi connectivity index (χ1v) is 7.63. The van der Waals surface area contributed by atoms with E-state index < -0.39 is 0 Å². The molecule has 0 aromatic heterocycles. The third-order valence-corrected chi connectivity index (χ3v) is 3.94. The zero-order chi connectivity index (χ0) is 16.1. The quantitative estimate of drug-likeness (QED) is 0.852. The maximum absolute atomic E-state index is 8.99. The summed E-state index contributed by atoms with van der Waals surface area (Å²) < 4.78 is 5.51. The van der Waals surface area contributed by atoms with Gasteiger partial charge in [-0.05, 0) is 47.2 Å². The van der Waals surface area contributed by atoms with Gasteiger partial charge >= 0.3 is 0 Å². The molecule has 0 radical (unpaired) electrons. The molecular formula is C20H24O2. The Hall–Kier alpha value is -2.06. The van der Waals surface area contributed by atoms with Crippen molar-refractivity contribution in [3.63, 3.8) is 0 Å². The second kappa shape index (κ2) is 7.28. The lowest BCUT2D eigenvalue weighted by atomic mass is 9.95. The molecule has 2 rings (SSSR count). The molecule has 22 heavy (non-hydrogen) atoms. The number of benzene rings is 2. The zero-order valence-corrected chi connectivity index (χ0v) is 13.8. The van der Waals surface area contributed by atoms with Crippen LogP contribution in [0.25, 0.3) is 16.7 Å². The molecule has 0 heterocycles. The van der Waals surface area contributed by atoms with Gasteiger partial charge in [0.1, 0.15) is 5.75 Å². The van der Waals surface area contributed by atoms with Gasteiger partial charge in [-0.25, -0.2) is 0 Å². The van der Waals surface area contributed by atoms with Gasteiger partial charge in [-0.1, -0.05) is 50.3 Å². The van der Waals surface area contributed by atoms with Gasteiger partial charge in [-0.3, -0.25) is 0 Å². The molecule has 0 unspecified atom stereocenters. The van der Waals surface area contributed by atoms with Crippen LogP contribution in [0.2, 0.25) is 0 Å². The van der Waals surface area contributed by atoms with Crippen LogP contribution in [0.3, 0.4) is 0 Å². The molecule has 0 aliphatic rings. The average Bonchev–Trinajstić information content (AvgIpc) is 2.54. The molecule has 0 saturated carbocycles. The van der Waals surface area contributed by atoms with E-state index in [-0.39, 0.29) is 6.61 Å². The third kappa shape index (κ3) is 3.58. The summed E-state index contributed by atoms with van der Waals surface area (Å²) >= 11 is 0. The van der Waals surface area contributed by atoms with E-state index in [4.69, 9.17) is 9.84 Å². The van der Waals surface area contributed by atoms with Crippen LogP contribution in [-0.2, 0) is 0 Å². The largest absolute Gasteiger partial charge is 0.496 e. The number of aliphatic hydroxyl groups is 1. The Morgan fingerprint density at radius 2 is 1.82 bits per heavy atom. The van der Waals surface area contributed by atoms with Gasteiger partial charge in [0.2, 0.25) is 0 Å². The van der Waals surface area contributed by atoms with Crippen LogP contribution >= 0.6 is 0 Å². The van der Waals surface area contributed by atoms with E-state index in [1.807, 2.05) is 19.1 Å². The molecule has 0 amide bonds. The maximum atomic E-state index is 8.99. The van der Waals surface area contributed by atoms with Crippen molar-refractivity contribution in [1.82, 2.24) is 0 Å². The van der Waals surface area contributed by atoms with Crippen LogP contribution in [0.5, 0.6) is 5.75 Å². The Morgan fingerprint density at radius 3 is 2.36 bits per heavy atom. The number of aliphatic hydroxyl groups excluding tert-OH is 1. The van der Waals surface area contributed by atoms with Crippen LogP contribution in [0.15, 0.2) is 48.5 Å². The predicted molar refractivity (Wildman–Crippen MR) is 93.3 cm³/mol. The summed E-state index contributed by atoms with van der Waals surface area (Å²) in [5, 5.41) is 8.99. The van der Waals surface area contributed by atoms with Gasteiger partial charge < -0.3 is 9.84 Å². The summed E-state index contributed by atoms with van der Waals surface area (Å²) in [6, 6.07) is 14.7. The molecule has 2 nitrogen and oxygen atoms in total. The second-order valence-corrected chi connectivity index (χ2v) is 5.76. The molecule has 0 saturated heterocycles. The van der Waals surface area contributed by atoms with Gasteiger partial charge in [0.15, 0.2) is 0 Å². The lowest BCUT2D eigenvalue weighted by molar-refractivity contribution is 0.343. The molecule has 116 valence electrons. The lowest BCUT2D eigenvalue weighted by Gasteiger charge is -2.13. The number of hydrogen-bond acceptors (Lipinski definition) is 2. The lowest BCUT2D eigenvalue weighted by Crippen LogP contribution is -1.93. The first-order chi connectivity index (χ1) is 10.6. The fourth-order valence-corrected chi connectivity index (χ4v) is 2.48.